The Morgan fingerprint density at radius 2 is 1.42 bits per heavy atom. The highest BCUT2D eigenvalue weighted by Crippen LogP contribution is 2.40. The Bertz CT molecular complexity index is 1320. The quantitative estimate of drug-likeness (QED) is 0.219. The summed E-state index contributed by atoms with van der Waals surface area (Å²) in [7, 11) is 0. The number of unbranched alkanes of at least 4 members (excludes halogenated alkanes) is 8. The first-order valence-corrected chi connectivity index (χ1v) is 13.5. The lowest BCUT2D eigenvalue weighted by molar-refractivity contribution is -0.112. The second-order valence-corrected chi connectivity index (χ2v) is 10.1. The van der Waals surface area contributed by atoms with Gasteiger partial charge < -0.3 is 5.11 Å². The SMILES string of the molecule is CCCCCCCCCCCC1=C(O)c2nc3ccccc3c(-c3ccc(C)c(C)c3)c2C(=O)C1=O. The first-order valence-electron chi connectivity index (χ1n) is 13.5. The smallest absolute Gasteiger partial charge is 0.236 e. The van der Waals surface area contributed by atoms with Crippen molar-refractivity contribution in [3.8, 4) is 11.1 Å². The number of aliphatic hydroxyl groups is 1. The van der Waals surface area contributed by atoms with Gasteiger partial charge in [-0.3, -0.25) is 9.59 Å². The van der Waals surface area contributed by atoms with Crippen molar-refractivity contribution in [1.29, 1.82) is 0 Å². The van der Waals surface area contributed by atoms with Crippen LogP contribution in [0, 0.1) is 13.8 Å². The molecule has 1 aromatic heterocycles. The van der Waals surface area contributed by atoms with Crippen LogP contribution in [0.4, 0.5) is 0 Å². The highest BCUT2D eigenvalue weighted by molar-refractivity contribution is 6.53. The lowest BCUT2D eigenvalue weighted by Crippen LogP contribution is -2.26. The number of ketones is 2. The van der Waals surface area contributed by atoms with Crippen LogP contribution in [0.5, 0.6) is 0 Å². The number of hydrogen-bond donors (Lipinski definition) is 1. The zero-order valence-corrected chi connectivity index (χ0v) is 21.8. The summed E-state index contributed by atoms with van der Waals surface area (Å²) >= 11 is 0. The van der Waals surface area contributed by atoms with Crippen LogP contribution in [0.1, 0.15) is 98.3 Å². The van der Waals surface area contributed by atoms with Gasteiger partial charge in [-0.25, -0.2) is 4.98 Å². The third-order valence-corrected chi connectivity index (χ3v) is 7.44. The Balaban J connectivity index is 1.63. The molecule has 1 N–H and O–H groups in total. The average molecular weight is 484 g/mol. The van der Waals surface area contributed by atoms with E-state index in [4.69, 9.17) is 0 Å². The van der Waals surface area contributed by atoms with Crippen LogP contribution in [0.15, 0.2) is 48.0 Å². The monoisotopic (exact) mass is 483 g/mol. The summed E-state index contributed by atoms with van der Waals surface area (Å²) in [6.07, 6.45) is 10.9. The van der Waals surface area contributed by atoms with Gasteiger partial charge in [0.1, 0.15) is 11.5 Å². The summed E-state index contributed by atoms with van der Waals surface area (Å²) in [6.45, 7) is 6.30. The number of allylic oxidation sites excluding steroid dienone is 1. The van der Waals surface area contributed by atoms with Crippen molar-refractivity contribution in [2.45, 2.75) is 85.0 Å². The average Bonchev–Trinajstić information content (AvgIpc) is 2.88. The molecule has 0 bridgehead atoms. The number of aliphatic hydroxyl groups excluding tert-OH is 1. The highest BCUT2D eigenvalue weighted by atomic mass is 16.3. The Morgan fingerprint density at radius 1 is 0.750 bits per heavy atom. The fourth-order valence-corrected chi connectivity index (χ4v) is 5.15. The lowest BCUT2D eigenvalue weighted by atomic mass is 9.83. The molecule has 1 aliphatic carbocycles. The largest absolute Gasteiger partial charge is 0.505 e. The van der Waals surface area contributed by atoms with E-state index in [1.165, 1.54) is 38.5 Å². The molecular formula is C32H37NO3. The molecule has 0 aliphatic heterocycles. The highest BCUT2D eigenvalue weighted by Gasteiger charge is 2.36. The summed E-state index contributed by atoms with van der Waals surface area (Å²) < 4.78 is 0. The van der Waals surface area contributed by atoms with E-state index < -0.39 is 11.6 Å². The number of nitrogens with zero attached hydrogens (tertiary/aromatic N) is 1. The summed E-state index contributed by atoms with van der Waals surface area (Å²) in [5, 5.41) is 12.0. The fraction of sp³-hybridized carbons (Fsp3) is 0.406. The molecule has 188 valence electrons. The van der Waals surface area contributed by atoms with Crippen LogP contribution in [0.2, 0.25) is 0 Å². The van der Waals surface area contributed by atoms with Crippen molar-refractivity contribution in [2.75, 3.05) is 0 Å². The molecule has 0 saturated heterocycles. The predicted molar refractivity (Wildman–Crippen MR) is 147 cm³/mol. The molecule has 36 heavy (non-hydrogen) atoms. The van der Waals surface area contributed by atoms with E-state index in [-0.39, 0.29) is 22.6 Å². The molecule has 4 rings (SSSR count). The Morgan fingerprint density at radius 3 is 2.11 bits per heavy atom. The van der Waals surface area contributed by atoms with Crippen LogP contribution < -0.4 is 0 Å². The number of hydrogen-bond acceptors (Lipinski definition) is 4. The molecule has 0 amide bonds. The molecule has 0 fully saturated rings. The Labute approximate surface area is 214 Å². The van der Waals surface area contributed by atoms with E-state index in [1.54, 1.807) is 0 Å². The molecule has 4 nitrogen and oxygen atoms in total. The third kappa shape index (κ3) is 5.28. The molecule has 1 aliphatic rings. The van der Waals surface area contributed by atoms with E-state index in [1.807, 2.05) is 56.3 Å². The van der Waals surface area contributed by atoms with Gasteiger partial charge in [0.25, 0.3) is 0 Å². The van der Waals surface area contributed by atoms with Crippen LogP contribution in [0.25, 0.3) is 27.8 Å². The van der Waals surface area contributed by atoms with Gasteiger partial charge in [0.15, 0.2) is 0 Å². The van der Waals surface area contributed by atoms with Gasteiger partial charge in [-0.05, 0) is 49.4 Å². The fourth-order valence-electron chi connectivity index (χ4n) is 5.15. The number of pyridine rings is 1. The van der Waals surface area contributed by atoms with Crippen LogP contribution >= 0.6 is 0 Å². The van der Waals surface area contributed by atoms with Gasteiger partial charge in [-0.1, -0.05) is 94.7 Å². The summed E-state index contributed by atoms with van der Waals surface area (Å²) in [6, 6.07) is 13.6. The van der Waals surface area contributed by atoms with Gasteiger partial charge in [0.2, 0.25) is 11.6 Å². The number of aromatic nitrogens is 1. The van der Waals surface area contributed by atoms with Gasteiger partial charge in [0.05, 0.1) is 11.1 Å². The maximum absolute atomic E-state index is 13.5. The van der Waals surface area contributed by atoms with Crippen LogP contribution in [0.3, 0.4) is 0 Å². The topological polar surface area (TPSA) is 67.3 Å². The number of benzene rings is 2. The van der Waals surface area contributed by atoms with Crippen LogP contribution in [-0.4, -0.2) is 21.7 Å². The van der Waals surface area contributed by atoms with Gasteiger partial charge in [-0.2, -0.15) is 0 Å². The van der Waals surface area contributed by atoms with E-state index in [0.29, 0.717) is 17.5 Å². The third-order valence-electron chi connectivity index (χ3n) is 7.44. The Kier molecular flexibility index (Phi) is 8.35. The van der Waals surface area contributed by atoms with E-state index in [9.17, 15) is 14.7 Å². The summed E-state index contributed by atoms with van der Waals surface area (Å²) in [5.74, 6) is -1.30. The van der Waals surface area contributed by atoms with Crippen molar-refractivity contribution < 1.29 is 14.7 Å². The number of rotatable bonds is 11. The van der Waals surface area contributed by atoms with Gasteiger partial charge >= 0.3 is 0 Å². The van der Waals surface area contributed by atoms with Crippen molar-refractivity contribution >= 4 is 28.2 Å². The summed E-state index contributed by atoms with van der Waals surface area (Å²) in [5.41, 5.74) is 5.13. The number of Topliss-reactive ketones (excluding diaryl/α,β-unsaturated/α-hetero) is 2. The number of para-hydroxylation sites is 1. The lowest BCUT2D eigenvalue weighted by Gasteiger charge is -2.22. The molecule has 0 unspecified atom stereocenters. The second-order valence-electron chi connectivity index (χ2n) is 10.1. The molecule has 2 aromatic carbocycles. The number of fused-ring (bicyclic) bond motifs is 2. The van der Waals surface area contributed by atoms with Gasteiger partial charge in [-0.15, -0.1) is 0 Å². The zero-order chi connectivity index (χ0) is 25.7. The van der Waals surface area contributed by atoms with E-state index >= 15 is 0 Å². The maximum Gasteiger partial charge on any atom is 0.236 e. The molecule has 0 saturated carbocycles. The predicted octanol–water partition coefficient (Wildman–Crippen LogP) is 8.47. The molecule has 1 heterocycles. The van der Waals surface area contributed by atoms with Crippen molar-refractivity contribution in [2.24, 2.45) is 0 Å². The molecule has 0 spiro atoms. The maximum atomic E-state index is 13.5. The molecule has 0 radical (unpaired) electrons. The minimum Gasteiger partial charge on any atom is -0.505 e. The minimum absolute atomic E-state index is 0.134. The Hall–Kier alpha value is -3.27. The van der Waals surface area contributed by atoms with Crippen molar-refractivity contribution in [1.82, 2.24) is 4.98 Å². The van der Waals surface area contributed by atoms with Crippen molar-refractivity contribution in [3.05, 3.63) is 70.4 Å². The molecule has 3 aromatic rings. The molecule has 0 atom stereocenters. The van der Waals surface area contributed by atoms with Crippen molar-refractivity contribution in [3.63, 3.8) is 0 Å². The minimum atomic E-state index is -0.596. The number of aryl methyl sites for hydroxylation is 2. The summed E-state index contributed by atoms with van der Waals surface area (Å²) in [4.78, 5) is 31.4. The molecular weight excluding hydrogens is 446 g/mol. The standard InChI is InChI=1S/C32H37NO3/c1-4-5-6-7-8-9-10-11-12-16-25-30(34)29-28(32(36)31(25)35)27(23-19-18-21(2)22(3)20-23)24-15-13-14-17-26(24)33-29/h13-15,17-20,34H,4-12,16H2,1-3H3. The zero-order valence-electron chi connectivity index (χ0n) is 21.8. The molecule has 4 heteroatoms. The first kappa shape index (κ1) is 25.8. The number of carbonyl (C=O) groups excluding carboxylic acids is 2. The normalized spacial score (nSPS) is 13.5. The first-order chi connectivity index (χ1) is 17.4. The van der Waals surface area contributed by atoms with E-state index in [2.05, 4.69) is 11.9 Å². The second kappa shape index (κ2) is 11.6. The van der Waals surface area contributed by atoms with Crippen LogP contribution in [-0.2, 0) is 4.79 Å². The number of carbonyl (C=O) groups is 2. The van der Waals surface area contributed by atoms with E-state index in [0.717, 1.165) is 41.3 Å². The van der Waals surface area contributed by atoms with Gasteiger partial charge in [0, 0.05) is 16.5 Å².